The maximum absolute atomic E-state index is 12.9. The predicted octanol–water partition coefficient (Wildman–Crippen LogP) is 2.25. The van der Waals surface area contributed by atoms with Gasteiger partial charge < -0.3 is 9.73 Å². The molecule has 3 nitrogen and oxygen atoms in total. The minimum Gasteiger partial charge on any atom is -0.467 e. The van der Waals surface area contributed by atoms with Crippen LogP contribution in [-0.4, -0.2) is 11.8 Å². The van der Waals surface area contributed by atoms with Crippen LogP contribution in [0.4, 0.5) is 8.78 Å². The fourth-order valence-corrected chi connectivity index (χ4v) is 1.59. The smallest absolute Gasteiger partial charge is 0.263 e. The van der Waals surface area contributed by atoms with Crippen LogP contribution >= 0.6 is 0 Å². The Morgan fingerprint density at radius 3 is 2.69 bits per heavy atom. The van der Waals surface area contributed by atoms with Crippen molar-refractivity contribution in [1.82, 2.24) is 5.32 Å². The van der Waals surface area contributed by atoms with Crippen molar-refractivity contribution in [3.63, 3.8) is 0 Å². The summed E-state index contributed by atoms with van der Waals surface area (Å²) in [6, 6.07) is 1.76. The van der Waals surface area contributed by atoms with E-state index in [1.807, 2.05) is 6.92 Å². The average Bonchev–Trinajstić information content (AvgIpc) is 2.57. The second kappa shape index (κ2) is 3.30. The zero-order valence-electron chi connectivity index (χ0n) is 9.14. The third-order valence-electron chi connectivity index (χ3n) is 3.14. The quantitative estimate of drug-likeness (QED) is 0.863. The van der Waals surface area contributed by atoms with Gasteiger partial charge in [-0.25, -0.2) is 8.78 Å². The van der Waals surface area contributed by atoms with E-state index >= 15 is 0 Å². The number of furan rings is 1. The summed E-state index contributed by atoms with van der Waals surface area (Å²) in [5.41, 5.74) is -0.638. The van der Waals surface area contributed by atoms with Gasteiger partial charge in [-0.2, -0.15) is 0 Å². The van der Waals surface area contributed by atoms with E-state index in [2.05, 4.69) is 5.32 Å². The van der Waals surface area contributed by atoms with Gasteiger partial charge >= 0.3 is 0 Å². The van der Waals surface area contributed by atoms with Crippen molar-refractivity contribution in [1.29, 1.82) is 0 Å². The third kappa shape index (κ3) is 1.60. The minimum atomic E-state index is -2.87. The van der Waals surface area contributed by atoms with E-state index in [9.17, 15) is 13.6 Å². The maximum Gasteiger partial charge on any atom is 0.263 e. The molecule has 1 unspecified atom stereocenters. The predicted molar refractivity (Wildman–Crippen MR) is 53.0 cm³/mol. The first-order chi connectivity index (χ1) is 7.37. The van der Waals surface area contributed by atoms with Gasteiger partial charge in [0.25, 0.3) is 5.92 Å². The van der Waals surface area contributed by atoms with Crippen molar-refractivity contribution in [3.8, 4) is 0 Å². The number of halogens is 2. The molecule has 1 aromatic heterocycles. The number of hydrogen-bond donors (Lipinski definition) is 1. The number of aryl methyl sites for hydroxylation is 1. The van der Waals surface area contributed by atoms with E-state index in [0.29, 0.717) is 5.76 Å². The summed E-state index contributed by atoms with van der Waals surface area (Å²) in [7, 11) is 0. The summed E-state index contributed by atoms with van der Waals surface area (Å²) in [4.78, 5) is 11.5. The summed E-state index contributed by atoms with van der Waals surface area (Å²) in [6.45, 7) is 3.26. The molecule has 5 heteroatoms. The molecule has 1 aliphatic rings. The van der Waals surface area contributed by atoms with Gasteiger partial charge in [0.15, 0.2) is 0 Å². The molecule has 1 aliphatic carbocycles. The summed E-state index contributed by atoms with van der Waals surface area (Å²) in [5, 5.41) is 2.47. The molecule has 0 bridgehead atoms. The van der Waals surface area contributed by atoms with Gasteiger partial charge in [-0.15, -0.1) is 0 Å². The second-order valence-corrected chi connectivity index (χ2v) is 4.42. The molecule has 1 amide bonds. The number of carbonyl (C=O) groups is 1. The van der Waals surface area contributed by atoms with Gasteiger partial charge in [0.1, 0.15) is 11.2 Å². The number of hydrogen-bond acceptors (Lipinski definition) is 2. The topological polar surface area (TPSA) is 42.2 Å². The van der Waals surface area contributed by atoms with Crippen molar-refractivity contribution >= 4 is 5.91 Å². The van der Waals surface area contributed by atoms with Gasteiger partial charge in [0.05, 0.1) is 12.8 Å². The SMILES string of the molecule is Cc1ccoc1CNC(=O)C1(C)CC1(F)F. The molecule has 0 saturated heterocycles. The standard InChI is InChI=1S/C11H13F2NO2/c1-7-3-4-16-8(7)5-14-9(15)10(2)6-11(10,12)13/h3-4H,5-6H2,1-2H3,(H,14,15). The first-order valence-corrected chi connectivity index (χ1v) is 5.06. The van der Waals surface area contributed by atoms with Crippen LogP contribution in [0, 0.1) is 12.3 Å². The molecule has 1 aromatic rings. The average molecular weight is 229 g/mol. The summed E-state index contributed by atoms with van der Waals surface area (Å²) >= 11 is 0. The molecule has 1 atom stereocenters. The Morgan fingerprint density at radius 1 is 1.62 bits per heavy atom. The van der Waals surface area contributed by atoms with Gasteiger partial charge in [-0.05, 0) is 25.5 Å². The molecule has 88 valence electrons. The fraction of sp³-hybridized carbons (Fsp3) is 0.545. The van der Waals surface area contributed by atoms with E-state index in [1.165, 1.54) is 13.2 Å². The Kier molecular flexibility index (Phi) is 2.29. The van der Waals surface area contributed by atoms with Crippen molar-refractivity contribution in [3.05, 3.63) is 23.7 Å². The molecule has 2 rings (SSSR count). The summed E-state index contributed by atoms with van der Waals surface area (Å²) < 4.78 is 30.9. The second-order valence-electron chi connectivity index (χ2n) is 4.42. The van der Waals surface area contributed by atoms with Crippen molar-refractivity contribution in [2.24, 2.45) is 5.41 Å². The van der Waals surface area contributed by atoms with E-state index < -0.39 is 17.2 Å². The normalized spacial score (nSPS) is 26.5. The molecule has 0 aromatic carbocycles. The molecule has 0 spiro atoms. The lowest BCUT2D eigenvalue weighted by atomic mass is 10.1. The van der Waals surface area contributed by atoms with E-state index in [-0.39, 0.29) is 13.0 Å². The van der Waals surface area contributed by atoms with Crippen molar-refractivity contribution in [2.45, 2.75) is 32.7 Å². The van der Waals surface area contributed by atoms with Crippen molar-refractivity contribution < 1.29 is 18.0 Å². The highest BCUT2D eigenvalue weighted by Crippen LogP contribution is 2.60. The Balaban J connectivity index is 1.93. The Morgan fingerprint density at radius 2 is 2.25 bits per heavy atom. The molecule has 1 heterocycles. The number of carbonyl (C=O) groups excluding carboxylic acids is 1. The third-order valence-corrected chi connectivity index (χ3v) is 3.14. The van der Waals surface area contributed by atoms with Gasteiger partial charge in [0.2, 0.25) is 5.91 Å². The Hall–Kier alpha value is -1.39. The molecule has 1 fully saturated rings. The number of amides is 1. The van der Waals surface area contributed by atoms with Crippen LogP contribution in [0.25, 0.3) is 0 Å². The molecule has 1 N–H and O–H groups in total. The largest absolute Gasteiger partial charge is 0.467 e. The Labute approximate surface area is 91.8 Å². The van der Waals surface area contributed by atoms with Gasteiger partial charge in [-0.1, -0.05) is 0 Å². The molecular weight excluding hydrogens is 216 g/mol. The lowest BCUT2D eigenvalue weighted by Crippen LogP contribution is -2.33. The van der Waals surface area contributed by atoms with Crippen LogP contribution in [0.1, 0.15) is 24.7 Å². The first-order valence-electron chi connectivity index (χ1n) is 5.06. The van der Waals surface area contributed by atoms with E-state index in [4.69, 9.17) is 4.42 Å². The van der Waals surface area contributed by atoms with E-state index in [0.717, 1.165) is 5.56 Å². The van der Waals surface area contributed by atoms with Crippen LogP contribution < -0.4 is 5.32 Å². The van der Waals surface area contributed by atoms with Crippen LogP contribution in [-0.2, 0) is 11.3 Å². The summed E-state index contributed by atoms with van der Waals surface area (Å²) in [6.07, 6.45) is 1.13. The minimum absolute atomic E-state index is 0.156. The zero-order valence-corrected chi connectivity index (χ0v) is 9.14. The highest BCUT2D eigenvalue weighted by Gasteiger charge is 2.72. The molecule has 0 radical (unpaired) electrons. The molecule has 16 heavy (non-hydrogen) atoms. The maximum atomic E-state index is 12.9. The number of rotatable bonds is 3. The highest BCUT2D eigenvalue weighted by molar-refractivity contribution is 5.86. The first kappa shape index (κ1) is 11.1. The van der Waals surface area contributed by atoms with Crippen LogP contribution in [0.2, 0.25) is 0 Å². The Bertz CT molecular complexity index is 427. The molecular formula is C11H13F2NO2. The van der Waals surface area contributed by atoms with Crippen LogP contribution in [0.15, 0.2) is 16.7 Å². The van der Waals surface area contributed by atoms with Crippen molar-refractivity contribution in [2.75, 3.05) is 0 Å². The van der Waals surface area contributed by atoms with Crippen LogP contribution in [0.5, 0.6) is 0 Å². The number of nitrogens with one attached hydrogen (secondary N) is 1. The molecule has 1 saturated carbocycles. The van der Waals surface area contributed by atoms with Crippen LogP contribution in [0.3, 0.4) is 0 Å². The lowest BCUT2D eigenvalue weighted by molar-refractivity contribution is -0.129. The summed E-state index contributed by atoms with van der Waals surface area (Å²) in [5.74, 6) is -2.89. The highest BCUT2D eigenvalue weighted by atomic mass is 19.3. The lowest BCUT2D eigenvalue weighted by Gasteiger charge is -2.10. The monoisotopic (exact) mass is 229 g/mol. The zero-order chi connectivity index (χ0) is 12.0. The van der Waals surface area contributed by atoms with Gasteiger partial charge in [-0.3, -0.25) is 4.79 Å². The van der Waals surface area contributed by atoms with Gasteiger partial charge in [0, 0.05) is 6.42 Å². The fourth-order valence-electron chi connectivity index (χ4n) is 1.59. The number of alkyl halides is 2. The van der Waals surface area contributed by atoms with E-state index in [1.54, 1.807) is 6.07 Å². The molecule has 0 aliphatic heterocycles.